The number of methoxy groups -OCH3 is 1. The summed E-state index contributed by atoms with van der Waals surface area (Å²) >= 11 is 0. The van der Waals surface area contributed by atoms with Gasteiger partial charge in [0.1, 0.15) is 18.2 Å². The van der Waals surface area contributed by atoms with E-state index >= 15 is 0 Å². The summed E-state index contributed by atoms with van der Waals surface area (Å²) in [5.41, 5.74) is -0.230. The highest BCUT2D eigenvalue weighted by Crippen LogP contribution is 2.38. The zero-order valence-electron chi connectivity index (χ0n) is 24.2. The highest BCUT2D eigenvalue weighted by Gasteiger charge is 2.46. The molecule has 1 amide bonds. The van der Waals surface area contributed by atoms with Crippen LogP contribution >= 0.6 is 0 Å². The third-order valence-corrected chi connectivity index (χ3v) is 8.91. The molecule has 4 rings (SSSR count). The summed E-state index contributed by atoms with van der Waals surface area (Å²) in [5.74, 6) is -0.940. The Bertz CT molecular complexity index is 1150. The number of allylic oxidation sites excluding steroid dienone is 2. The number of nitrogens with zero attached hydrogens (tertiary/aromatic N) is 2. The fourth-order valence-corrected chi connectivity index (χ4v) is 6.81. The van der Waals surface area contributed by atoms with Crippen molar-refractivity contribution >= 4 is 17.8 Å². The summed E-state index contributed by atoms with van der Waals surface area (Å²) in [6.45, 7) is 7.94. The number of carbonyl (C=O) groups excluding carboxylic acids is 3. The van der Waals surface area contributed by atoms with E-state index in [2.05, 4.69) is 13.2 Å². The molecule has 0 unspecified atom stereocenters. The summed E-state index contributed by atoms with van der Waals surface area (Å²) < 4.78 is 18.7. The standard InChI is InChI=1S/C32H44N2O7/c1-4-6-11-23-14-9-15-27(23)41-30(36)20-25(22-12-7-8-13-22)31(37)34-21-24(19-26(34)32(38)39-3)40-29-17-10-16-28(35)33(29)18-5-2/h4-5,10,16-17,22-27H,1-2,6-9,11-15,18-21H2,3H3/t23-,24-,25+,26+,27-/m1/s1. The van der Waals surface area contributed by atoms with E-state index in [4.69, 9.17) is 14.2 Å². The van der Waals surface area contributed by atoms with Gasteiger partial charge in [-0.1, -0.05) is 31.1 Å². The molecule has 1 aromatic heterocycles. The third-order valence-electron chi connectivity index (χ3n) is 8.91. The van der Waals surface area contributed by atoms with Crippen LogP contribution in [-0.2, 0) is 30.4 Å². The fraction of sp³-hybridized carbons (Fsp3) is 0.625. The van der Waals surface area contributed by atoms with Crippen LogP contribution in [0.15, 0.2) is 48.3 Å². The normalized spacial score (nSPS) is 25.0. The molecule has 1 saturated heterocycles. The van der Waals surface area contributed by atoms with E-state index in [-0.39, 0.29) is 55.4 Å². The average Bonchev–Trinajstić information content (AvgIpc) is 3.73. The number of amides is 1. The van der Waals surface area contributed by atoms with Gasteiger partial charge in [-0.25, -0.2) is 4.79 Å². The van der Waals surface area contributed by atoms with E-state index in [0.29, 0.717) is 11.8 Å². The van der Waals surface area contributed by atoms with Gasteiger partial charge in [0.2, 0.25) is 5.91 Å². The van der Waals surface area contributed by atoms with Crippen molar-refractivity contribution in [3.05, 3.63) is 53.9 Å². The summed E-state index contributed by atoms with van der Waals surface area (Å²) in [4.78, 5) is 54.1. The molecular weight excluding hydrogens is 524 g/mol. The van der Waals surface area contributed by atoms with Gasteiger partial charge in [-0.3, -0.25) is 19.0 Å². The number of hydrogen-bond acceptors (Lipinski definition) is 7. The number of pyridine rings is 1. The van der Waals surface area contributed by atoms with Gasteiger partial charge in [-0.2, -0.15) is 0 Å². The predicted molar refractivity (Wildman–Crippen MR) is 154 cm³/mol. The van der Waals surface area contributed by atoms with Gasteiger partial charge >= 0.3 is 11.9 Å². The summed E-state index contributed by atoms with van der Waals surface area (Å²) in [6.07, 6.45) is 11.6. The number of likely N-dealkylation sites (tertiary alicyclic amines) is 1. The smallest absolute Gasteiger partial charge is 0.328 e. The molecular formula is C32H44N2O7. The molecule has 1 aromatic rings. The van der Waals surface area contributed by atoms with Crippen molar-refractivity contribution in [2.75, 3.05) is 13.7 Å². The molecule has 41 heavy (non-hydrogen) atoms. The van der Waals surface area contributed by atoms with Crippen LogP contribution in [-0.4, -0.2) is 59.2 Å². The molecule has 2 heterocycles. The van der Waals surface area contributed by atoms with Crippen molar-refractivity contribution < 1.29 is 28.6 Å². The topological polar surface area (TPSA) is 104 Å². The van der Waals surface area contributed by atoms with Crippen molar-refractivity contribution in [2.24, 2.45) is 17.8 Å². The summed E-state index contributed by atoms with van der Waals surface area (Å²) in [6, 6.07) is 3.90. The van der Waals surface area contributed by atoms with Gasteiger partial charge < -0.3 is 19.1 Å². The Kier molecular flexibility index (Phi) is 10.8. The number of ether oxygens (including phenoxy) is 3. The van der Waals surface area contributed by atoms with Crippen LogP contribution < -0.4 is 10.3 Å². The molecule has 3 aliphatic rings. The van der Waals surface area contributed by atoms with Gasteiger partial charge in [0.05, 0.1) is 26.0 Å². The first-order valence-electron chi connectivity index (χ1n) is 15.0. The van der Waals surface area contributed by atoms with Crippen LogP contribution in [0.1, 0.15) is 70.6 Å². The highest BCUT2D eigenvalue weighted by molar-refractivity contribution is 5.89. The Morgan fingerprint density at radius 2 is 1.85 bits per heavy atom. The molecule has 9 heteroatoms. The van der Waals surface area contributed by atoms with Crippen molar-refractivity contribution in [2.45, 2.75) is 95.4 Å². The van der Waals surface area contributed by atoms with E-state index in [1.165, 1.54) is 22.6 Å². The number of hydrogen-bond donors (Lipinski definition) is 0. The summed E-state index contributed by atoms with van der Waals surface area (Å²) in [5, 5.41) is 0. The monoisotopic (exact) mass is 568 g/mol. The van der Waals surface area contributed by atoms with E-state index in [0.717, 1.165) is 57.8 Å². The fourth-order valence-electron chi connectivity index (χ4n) is 6.81. The van der Waals surface area contributed by atoms with Crippen LogP contribution in [0.25, 0.3) is 0 Å². The molecule has 224 valence electrons. The Labute approximate surface area is 242 Å². The zero-order valence-corrected chi connectivity index (χ0v) is 24.2. The molecule has 3 fully saturated rings. The molecule has 2 saturated carbocycles. The zero-order chi connectivity index (χ0) is 29.4. The predicted octanol–water partition coefficient (Wildman–Crippen LogP) is 4.43. The van der Waals surface area contributed by atoms with Gasteiger partial charge in [0, 0.05) is 19.0 Å². The third kappa shape index (κ3) is 7.49. The summed E-state index contributed by atoms with van der Waals surface area (Å²) in [7, 11) is 1.30. The Morgan fingerprint density at radius 1 is 1.07 bits per heavy atom. The Balaban J connectivity index is 1.50. The molecule has 0 aromatic carbocycles. The lowest BCUT2D eigenvalue weighted by Crippen LogP contribution is -2.46. The largest absolute Gasteiger partial charge is 0.473 e. The highest BCUT2D eigenvalue weighted by atomic mass is 16.5. The van der Waals surface area contributed by atoms with Crippen LogP contribution in [0.5, 0.6) is 5.88 Å². The average molecular weight is 569 g/mol. The first kappa shape index (κ1) is 30.6. The second-order valence-corrected chi connectivity index (χ2v) is 11.5. The van der Waals surface area contributed by atoms with Crippen LogP contribution in [0.4, 0.5) is 0 Å². The van der Waals surface area contributed by atoms with Crippen molar-refractivity contribution in [1.29, 1.82) is 0 Å². The second kappa shape index (κ2) is 14.5. The van der Waals surface area contributed by atoms with Crippen LogP contribution in [0.3, 0.4) is 0 Å². The van der Waals surface area contributed by atoms with Gasteiger partial charge in [-0.05, 0) is 62.8 Å². The maximum Gasteiger partial charge on any atom is 0.328 e. The first-order valence-corrected chi connectivity index (χ1v) is 15.0. The molecule has 0 spiro atoms. The SMILES string of the molecule is C=CCC[C@@H]1CCC[C@H]1OC(=O)C[C@H](C(=O)N1C[C@H](Oc2cccc(=O)n2CC=C)C[C@H]1C(=O)OC)C1CCCC1. The molecule has 0 radical (unpaired) electrons. The minimum Gasteiger partial charge on any atom is -0.473 e. The van der Waals surface area contributed by atoms with E-state index in [1.54, 1.807) is 18.2 Å². The number of rotatable bonds is 13. The van der Waals surface area contributed by atoms with E-state index < -0.39 is 24.0 Å². The van der Waals surface area contributed by atoms with Gasteiger partial charge in [0.15, 0.2) is 5.88 Å². The molecule has 1 aliphatic heterocycles. The van der Waals surface area contributed by atoms with Crippen molar-refractivity contribution in [1.82, 2.24) is 9.47 Å². The van der Waals surface area contributed by atoms with Gasteiger partial charge in [0.25, 0.3) is 5.56 Å². The van der Waals surface area contributed by atoms with Crippen LogP contribution in [0, 0.1) is 17.8 Å². The lowest BCUT2D eigenvalue weighted by Gasteiger charge is -2.30. The minimum absolute atomic E-state index is 0.00164. The first-order chi connectivity index (χ1) is 19.9. The Hall–Kier alpha value is -3.36. The maximum atomic E-state index is 14.1. The molecule has 2 aliphatic carbocycles. The quantitative estimate of drug-likeness (QED) is 0.256. The van der Waals surface area contributed by atoms with Crippen LogP contribution in [0.2, 0.25) is 0 Å². The van der Waals surface area contributed by atoms with Gasteiger partial charge in [-0.15, -0.1) is 13.2 Å². The van der Waals surface area contributed by atoms with E-state index in [9.17, 15) is 19.2 Å². The Morgan fingerprint density at radius 3 is 2.56 bits per heavy atom. The van der Waals surface area contributed by atoms with Crippen molar-refractivity contribution in [3.63, 3.8) is 0 Å². The maximum absolute atomic E-state index is 14.1. The number of carbonyl (C=O) groups is 3. The number of aromatic nitrogens is 1. The van der Waals surface area contributed by atoms with E-state index in [1.807, 2.05) is 6.08 Å². The van der Waals surface area contributed by atoms with Crippen molar-refractivity contribution in [3.8, 4) is 5.88 Å². The lowest BCUT2D eigenvalue weighted by atomic mass is 9.86. The molecule has 9 nitrogen and oxygen atoms in total. The second-order valence-electron chi connectivity index (χ2n) is 11.5. The number of esters is 2. The molecule has 5 atom stereocenters. The lowest BCUT2D eigenvalue weighted by molar-refractivity contribution is -0.158. The minimum atomic E-state index is -0.834. The molecule has 0 N–H and O–H groups in total. The molecule has 0 bridgehead atoms.